The van der Waals surface area contributed by atoms with Crippen LogP contribution in [0.25, 0.3) is 0 Å². The fraction of sp³-hybridized carbons (Fsp3) is 0.500. The molecule has 2 N–H and O–H groups in total. The molecule has 0 amide bonds. The minimum Gasteiger partial charge on any atom is -0.327 e. The molecule has 1 heterocycles. The first-order chi connectivity index (χ1) is 10.3. The summed E-state index contributed by atoms with van der Waals surface area (Å²) < 4.78 is 5.44. The van der Waals surface area contributed by atoms with E-state index >= 15 is 0 Å². The number of thioether (sulfide) groups is 1. The predicted molar refractivity (Wildman–Crippen MR) is 89.9 cm³/mol. The Morgan fingerprint density at radius 3 is 2.81 bits per heavy atom. The van der Waals surface area contributed by atoms with E-state index in [1.807, 2.05) is 11.8 Å². The molecular formula is C16H21N3S2. The van der Waals surface area contributed by atoms with E-state index < -0.39 is 0 Å². The average molecular weight is 319 g/mol. The number of nitrogens with zero attached hydrogens (tertiary/aromatic N) is 2. The molecule has 1 aliphatic carbocycles. The Hall–Kier alpha value is -0.910. The van der Waals surface area contributed by atoms with Crippen LogP contribution in [0.5, 0.6) is 0 Å². The van der Waals surface area contributed by atoms with Gasteiger partial charge in [0.2, 0.25) is 0 Å². The molecule has 21 heavy (non-hydrogen) atoms. The van der Waals surface area contributed by atoms with Crippen LogP contribution in [-0.4, -0.2) is 20.6 Å². The van der Waals surface area contributed by atoms with Crippen LogP contribution >= 0.6 is 23.3 Å². The van der Waals surface area contributed by atoms with Crippen LogP contribution in [0.2, 0.25) is 0 Å². The van der Waals surface area contributed by atoms with Gasteiger partial charge in [-0.05, 0) is 42.3 Å². The summed E-state index contributed by atoms with van der Waals surface area (Å²) in [5.74, 6) is 1.58. The number of aryl methyl sites for hydroxylation is 1. The fourth-order valence-corrected chi connectivity index (χ4v) is 5.09. The summed E-state index contributed by atoms with van der Waals surface area (Å²) in [5.41, 5.74) is 7.79. The molecule has 1 aliphatic rings. The number of nitrogens with two attached hydrogens (primary N) is 1. The largest absolute Gasteiger partial charge is 0.327 e. The maximum absolute atomic E-state index is 6.34. The van der Waals surface area contributed by atoms with Gasteiger partial charge in [0.15, 0.2) is 4.34 Å². The van der Waals surface area contributed by atoms with Crippen molar-refractivity contribution < 1.29 is 0 Å². The van der Waals surface area contributed by atoms with Crippen LogP contribution in [0.4, 0.5) is 0 Å². The summed E-state index contributed by atoms with van der Waals surface area (Å²) in [6.45, 7) is 2.09. The summed E-state index contributed by atoms with van der Waals surface area (Å²) in [7, 11) is 0. The summed E-state index contributed by atoms with van der Waals surface area (Å²) in [4.78, 5) is 4.57. The smallest absolute Gasteiger partial charge is 0.170 e. The highest BCUT2D eigenvalue weighted by atomic mass is 32.2. The SMILES string of the molecule is CCc1nsc(SC2CC(c3ccccc3)CCC2N)n1. The number of hydrogen-bond acceptors (Lipinski definition) is 5. The molecule has 0 radical (unpaired) electrons. The van der Waals surface area contributed by atoms with Crippen molar-refractivity contribution in [3.05, 3.63) is 41.7 Å². The second-order valence-corrected chi connectivity index (χ2v) is 7.81. The highest BCUT2D eigenvalue weighted by molar-refractivity contribution is 8.01. The molecule has 1 saturated carbocycles. The van der Waals surface area contributed by atoms with E-state index in [-0.39, 0.29) is 6.04 Å². The highest BCUT2D eigenvalue weighted by Crippen LogP contribution is 2.40. The van der Waals surface area contributed by atoms with Gasteiger partial charge in [0.25, 0.3) is 0 Å². The van der Waals surface area contributed by atoms with Crippen molar-refractivity contribution in [2.75, 3.05) is 0 Å². The van der Waals surface area contributed by atoms with Crippen molar-refractivity contribution in [1.29, 1.82) is 0 Å². The summed E-state index contributed by atoms with van der Waals surface area (Å²) in [6.07, 6.45) is 4.33. The Balaban J connectivity index is 1.69. The minimum atomic E-state index is 0.268. The van der Waals surface area contributed by atoms with E-state index in [4.69, 9.17) is 5.73 Å². The van der Waals surface area contributed by atoms with Crippen LogP contribution in [-0.2, 0) is 6.42 Å². The van der Waals surface area contributed by atoms with Crippen molar-refractivity contribution in [3.63, 3.8) is 0 Å². The van der Waals surface area contributed by atoms with Gasteiger partial charge >= 0.3 is 0 Å². The Labute approximate surface area is 134 Å². The van der Waals surface area contributed by atoms with Gasteiger partial charge < -0.3 is 5.73 Å². The van der Waals surface area contributed by atoms with Crippen LogP contribution in [0.1, 0.15) is 43.5 Å². The van der Waals surface area contributed by atoms with Crippen molar-refractivity contribution in [1.82, 2.24) is 9.36 Å². The Kier molecular flexibility index (Phi) is 4.93. The molecule has 1 aromatic carbocycles. The molecular weight excluding hydrogens is 298 g/mol. The Bertz CT molecular complexity index is 570. The third kappa shape index (κ3) is 3.65. The second-order valence-electron chi connectivity index (χ2n) is 5.57. The zero-order valence-corrected chi connectivity index (χ0v) is 13.9. The van der Waals surface area contributed by atoms with Crippen molar-refractivity contribution in [2.45, 2.75) is 54.2 Å². The Morgan fingerprint density at radius 2 is 2.10 bits per heavy atom. The molecule has 1 aromatic heterocycles. The topological polar surface area (TPSA) is 51.8 Å². The van der Waals surface area contributed by atoms with Crippen molar-refractivity contribution >= 4 is 23.3 Å². The number of rotatable bonds is 4. The van der Waals surface area contributed by atoms with Gasteiger partial charge in [-0.25, -0.2) is 4.98 Å². The molecule has 3 rings (SSSR count). The first kappa shape index (κ1) is 15.0. The first-order valence-electron chi connectivity index (χ1n) is 7.56. The van der Waals surface area contributed by atoms with Crippen LogP contribution in [0, 0.1) is 0 Å². The molecule has 0 spiro atoms. The van der Waals surface area contributed by atoms with Crippen LogP contribution in [0.3, 0.4) is 0 Å². The lowest BCUT2D eigenvalue weighted by molar-refractivity contribution is 0.406. The van der Waals surface area contributed by atoms with E-state index in [0.717, 1.165) is 29.4 Å². The maximum Gasteiger partial charge on any atom is 0.170 e. The molecule has 5 heteroatoms. The molecule has 3 atom stereocenters. The van der Waals surface area contributed by atoms with Gasteiger partial charge in [-0.15, -0.1) is 0 Å². The predicted octanol–water partition coefficient (Wildman–Crippen LogP) is 3.86. The normalized spacial score (nSPS) is 25.9. The molecule has 1 fully saturated rings. The standard InChI is InChI=1S/C16H21N3S2/c1-2-15-18-16(21-19-15)20-14-10-12(8-9-13(14)17)11-6-4-3-5-7-11/h3-7,12-14H,2,8-10,17H2,1H3. The average Bonchev–Trinajstić information content (AvgIpc) is 2.98. The lowest BCUT2D eigenvalue weighted by atomic mass is 9.82. The number of hydrogen-bond donors (Lipinski definition) is 1. The molecule has 0 aliphatic heterocycles. The van der Waals surface area contributed by atoms with E-state index in [9.17, 15) is 0 Å². The van der Waals surface area contributed by atoms with Gasteiger partial charge in [-0.2, -0.15) is 4.37 Å². The van der Waals surface area contributed by atoms with Crippen molar-refractivity contribution in [2.24, 2.45) is 5.73 Å². The van der Waals surface area contributed by atoms with E-state index in [2.05, 4.69) is 46.6 Å². The summed E-state index contributed by atoms with van der Waals surface area (Å²) >= 11 is 3.34. The van der Waals surface area contributed by atoms with Gasteiger partial charge in [0, 0.05) is 17.7 Å². The lowest BCUT2D eigenvalue weighted by Gasteiger charge is -2.33. The Morgan fingerprint density at radius 1 is 1.29 bits per heavy atom. The molecule has 0 saturated heterocycles. The van der Waals surface area contributed by atoms with Gasteiger partial charge in [0.05, 0.1) is 0 Å². The molecule has 2 aromatic rings. The third-order valence-corrected chi connectivity index (χ3v) is 6.33. The first-order valence-corrected chi connectivity index (χ1v) is 9.21. The van der Waals surface area contributed by atoms with Crippen LogP contribution < -0.4 is 5.73 Å². The maximum atomic E-state index is 6.34. The van der Waals surface area contributed by atoms with Gasteiger partial charge in [0.1, 0.15) is 5.82 Å². The van der Waals surface area contributed by atoms with E-state index in [1.165, 1.54) is 23.5 Å². The third-order valence-electron chi connectivity index (χ3n) is 4.13. The zero-order chi connectivity index (χ0) is 14.7. The lowest BCUT2D eigenvalue weighted by Crippen LogP contribution is -2.37. The van der Waals surface area contributed by atoms with Gasteiger partial charge in [-0.3, -0.25) is 0 Å². The highest BCUT2D eigenvalue weighted by Gasteiger charge is 2.30. The fourth-order valence-electron chi connectivity index (χ4n) is 2.87. The molecule has 0 bridgehead atoms. The van der Waals surface area contributed by atoms with Crippen molar-refractivity contribution in [3.8, 4) is 0 Å². The summed E-state index contributed by atoms with van der Waals surface area (Å²) in [6, 6.07) is 11.1. The van der Waals surface area contributed by atoms with E-state index in [1.54, 1.807) is 0 Å². The minimum absolute atomic E-state index is 0.268. The molecule has 3 nitrogen and oxygen atoms in total. The molecule has 112 valence electrons. The van der Waals surface area contributed by atoms with Crippen LogP contribution in [0.15, 0.2) is 34.7 Å². The second kappa shape index (κ2) is 6.90. The zero-order valence-electron chi connectivity index (χ0n) is 12.2. The quantitative estimate of drug-likeness (QED) is 0.930. The van der Waals surface area contributed by atoms with Gasteiger partial charge in [-0.1, -0.05) is 49.0 Å². The van der Waals surface area contributed by atoms with E-state index in [0.29, 0.717) is 11.2 Å². The monoisotopic (exact) mass is 319 g/mol. The number of aromatic nitrogens is 2. The summed E-state index contributed by atoms with van der Waals surface area (Å²) in [5, 5.41) is 0.446. The molecule has 3 unspecified atom stereocenters. The number of benzene rings is 1.